The molecule has 5 aromatic rings. The van der Waals surface area contributed by atoms with Gasteiger partial charge in [0.1, 0.15) is 24.1 Å². The number of carboxylic acid groups (broad SMARTS) is 1. The summed E-state index contributed by atoms with van der Waals surface area (Å²) in [6.45, 7) is 4.62. The van der Waals surface area contributed by atoms with E-state index in [1.807, 2.05) is 13.8 Å². The molecule has 1 N–H and O–H groups in total. The topological polar surface area (TPSA) is 99.4 Å². The van der Waals surface area contributed by atoms with E-state index in [0.717, 1.165) is 6.07 Å². The van der Waals surface area contributed by atoms with Crippen LogP contribution in [0.1, 0.15) is 47.2 Å². The van der Waals surface area contributed by atoms with Crippen LogP contribution in [0.4, 0.5) is 17.6 Å². The van der Waals surface area contributed by atoms with Crippen molar-refractivity contribution in [2.75, 3.05) is 13.2 Å². The summed E-state index contributed by atoms with van der Waals surface area (Å²) in [7, 11) is 0. The molecule has 8 nitrogen and oxygen atoms in total. The number of carboxylic acids is 1. The van der Waals surface area contributed by atoms with Crippen molar-refractivity contribution in [3.05, 3.63) is 107 Å². The molecule has 0 bridgehead atoms. The molecule has 1 atom stereocenters. The van der Waals surface area contributed by atoms with Crippen LogP contribution < -0.4 is 4.74 Å². The molecule has 3 aromatic carbocycles. The SMILES string of the molecule is CC1(C)COC[C@H]1n1c(Cc2c(F)cc(-c3ccnc(OCc4ccc(F)cc4)n3)c(F)c2F)nc2ccc(C(=O)O)cc21. The van der Waals surface area contributed by atoms with E-state index in [1.165, 1.54) is 54.7 Å². The highest BCUT2D eigenvalue weighted by molar-refractivity contribution is 5.92. The summed E-state index contributed by atoms with van der Waals surface area (Å²) in [6, 6.07) is 11.6. The van der Waals surface area contributed by atoms with E-state index in [1.54, 1.807) is 4.57 Å². The molecule has 1 saturated heterocycles. The monoisotopic (exact) mass is 606 g/mol. The normalized spacial score (nSPS) is 16.0. The minimum atomic E-state index is -1.40. The van der Waals surface area contributed by atoms with E-state index in [9.17, 15) is 14.3 Å². The number of hydrogen-bond donors (Lipinski definition) is 1. The zero-order chi connectivity index (χ0) is 31.2. The Labute approximate surface area is 248 Å². The van der Waals surface area contributed by atoms with Gasteiger partial charge in [0.05, 0.1) is 41.5 Å². The van der Waals surface area contributed by atoms with Gasteiger partial charge in [0.2, 0.25) is 0 Å². The van der Waals surface area contributed by atoms with Gasteiger partial charge in [-0.1, -0.05) is 26.0 Å². The van der Waals surface area contributed by atoms with Crippen LogP contribution in [0.15, 0.2) is 60.8 Å². The maximum absolute atomic E-state index is 15.6. The smallest absolute Gasteiger partial charge is 0.335 e. The van der Waals surface area contributed by atoms with Crippen molar-refractivity contribution in [2.45, 2.75) is 32.9 Å². The minimum Gasteiger partial charge on any atom is -0.478 e. The maximum atomic E-state index is 15.6. The number of rotatable bonds is 8. The fourth-order valence-corrected chi connectivity index (χ4v) is 5.36. The molecule has 0 aliphatic carbocycles. The number of aromatic nitrogens is 4. The fraction of sp³-hybridized carbons (Fsp3) is 0.250. The Morgan fingerprint density at radius 2 is 1.82 bits per heavy atom. The predicted octanol–water partition coefficient (Wildman–Crippen LogP) is 6.52. The molecule has 0 spiro atoms. The first-order chi connectivity index (χ1) is 21.0. The summed E-state index contributed by atoms with van der Waals surface area (Å²) in [4.78, 5) is 24.3. The largest absolute Gasteiger partial charge is 0.478 e. The number of aromatic carboxylic acids is 1. The number of nitrogens with zero attached hydrogens (tertiary/aromatic N) is 4. The average molecular weight is 607 g/mol. The molecule has 0 amide bonds. The Bertz CT molecular complexity index is 1890. The third kappa shape index (κ3) is 5.48. The fourth-order valence-electron chi connectivity index (χ4n) is 5.36. The van der Waals surface area contributed by atoms with Crippen molar-refractivity contribution in [3.8, 4) is 17.3 Å². The molecule has 226 valence electrons. The predicted molar refractivity (Wildman–Crippen MR) is 151 cm³/mol. The Morgan fingerprint density at radius 1 is 1.05 bits per heavy atom. The number of carbonyl (C=O) groups is 1. The molecule has 12 heteroatoms. The standard InChI is InChI=1S/C32H26F4N4O4/c1-32(2)16-43-15-26(32)40-25-11-18(30(41)42)5-8-24(25)38-27(40)13-20-22(34)12-21(29(36)28(20)35)23-9-10-37-31(39-23)44-14-17-3-6-19(33)7-4-17/h3-12,26H,13-16H2,1-2H3,(H,41,42)/t26-/m1/s1. The van der Waals surface area contributed by atoms with Crippen molar-refractivity contribution in [1.82, 2.24) is 19.5 Å². The molecule has 0 saturated carbocycles. The molecular formula is C32H26F4N4O4. The van der Waals surface area contributed by atoms with Gasteiger partial charge in [-0.05, 0) is 48.0 Å². The molecular weight excluding hydrogens is 580 g/mol. The molecule has 1 aliphatic heterocycles. The first kappa shape index (κ1) is 29.2. The number of fused-ring (bicyclic) bond motifs is 1. The molecule has 6 rings (SSSR count). The van der Waals surface area contributed by atoms with E-state index in [0.29, 0.717) is 23.2 Å². The first-order valence-electron chi connectivity index (χ1n) is 13.7. The maximum Gasteiger partial charge on any atom is 0.335 e. The van der Waals surface area contributed by atoms with Crippen LogP contribution in [-0.2, 0) is 17.8 Å². The van der Waals surface area contributed by atoms with E-state index >= 15 is 13.2 Å². The molecule has 0 radical (unpaired) electrons. The Balaban J connectivity index is 1.35. The second kappa shape index (κ2) is 11.3. The van der Waals surface area contributed by atoms with Gasteiger partial charge in [-0.25, -0.2) is 32.3 Å². The van der Waals surface area contributed by atoms with Gasteiger partial charge in [-0.3, -0.25) is 0 Å². The summed E-state index contributed by atoms with van der Waals surface area (Å²) in [5, 5.41) is 9.55. The molecule has 3 heterocycles. The van der Waals surface area contributed by atoms with Gasteiger partial charge in [0.15, 0.2) is 11.6 Å². The van der Waals surface area contributed by atoms with E-state index in [2.05, 4.69) is 15.0 Å². The van der Waals surface area contributed by atoms with Gasteiger partial charge in [0, 0.05) is 29.2 Å². The number of imidazole rings is 1. The van der Waals surface area contributed by atoms with Crippen LogP contribution in [0.25, 0.3) is 22.3 Å². The van der Waals surface area contributed by atoms with Gasteiger partial charge < -0.3 is 19.1 Å². The van der Waals surface area contributed by atoms with E-state index < -0.39 is 52.2 Å². The lowest BCUT2D eigenvalue weighted by molar-refractivity contribution is 0.0697. The summed E-state index contributed by atoms with van der Waals surface area (Å²) in [5.74, 6) is -5.04. The lowest BCUT2D eigenvalue weighted by atomic mass is 9.87. The van der Waals surface area contributed by atoms with Gasteiger partial charge in [-0.15, -0.1) is 0 Å². The third-order valence-electron chi connectivity index (χ3n) is 7.75. The van der Waals surface area contributed by atoms with Crippen LogP contribution in [0.5, 0.6) is 6.01 Å². The zero-order valence-electron chi connectivity index (χ0n) is 23.7. The summed E-state index contributed by atoms with van der Waals surface area (Å²) < 4.78 is 72.9. The minimum absolute atomic E-state index is 0.00826. The first-order valence-corrected chi connectivity index (χ1v) is 13.7. The van der Waals surface area contributed by atoms with Crippen LogP contribution >= 0.6 is 0 Å². The Hall–Kier alpha value is -4.84. The van der Waals surface area contributed by atoms with Gasteiger partial charge >= 0.3 is 12.0 Å². The molecule has 1 fully saturated rings. The Morgan fingerprint density at radius 3 is 2.52 bits per heavy atom. The second-order valence-corrected chi connectivity index (χ2v) is 11.3. The summed E-state index contributed by atoms with van der Waals surface area (Å²) in [6.07, 6.45) is 0.860. The molecule has 1 aliphatic rings. The van der Waals surface area contributed by atoms with Crippen LogP contribution in [0.2, 0.25) is 0 Å². The highest BCUT2D eigenvalue weighted by Gasteiger charge is 2.39. The van der Waals surface area contributed by atoms with Crippen LogP contribution in [-0.4, -0.2) is 43.8 Å². The quantitative estimate of drug-likeness (QED) is 0.159. The second-order valence-electron chi connectivity index (χ2n) is 11.3. The number of halogens is 4. The molecule has 2 aromatic heterocycles. The van der Waals surface area contributed by atoms with E-state index in [-0.39, 0.29) is 42.3 Å². The van der Waals surface area contributed by atoms with E-state index in [4.69, 9.17) is 9.47 Å². The van der Waals surface area contributed by atoms with Gasteiger partial charge in [-0.2, -0.15) is 4.98 Å². The number of ether oxygens (including phenoxy) is 2. The van der Waals surface area contributed by atoms with Crippen molar-refractivity contribution in [3.63, 3.8) is 0 Å². The number of benzene rings is 3. The van der Waals surface area contributed by atoms with Gasteiger partial charge in [0.25, 0.3) is 0 Å². The average Bonchev–Trinajstić information content (AvgIpc) is 3.54. The zero-order valence-corrected chi connectivity index (χ0v) is 23.7. The number of hydrogen-bond acceptors (Lipinski definition) is 6. The van der Waals surface area contributed by atoms with Crippen molar-refractivity contribution < 1.29 is 36.9 Å². The highest BCUT2D eigenvalue weighted by atomic mass is 19.2. The lowest BCUT2D eigenvalue weighted by Crippen LogP contribution is -2.27. The molecule has 0 unspecified atom stereocenters. The highest BCUT2D eigenvalue weighted by Crippen LogP contribution is 2.41. The van der Waals surface area contributed by atoms with Crippen LogP contribution in [0.3, 0.4) is 0 Å². The summed E-state index contributed by atoms with van der Waals surface area (Å²) in [5.41, 5.74) is 0.0792. The van der Waals surface area contributed by atoms with Crippen LogP contribution in [0, 0.1) is 28.7 Å². The molecule has 44 heavy (non-hydrogen) atoms. The Kier molecular flexibility index (Phi) is 7.54. The lowest BCUT2D eigenvalue weighted by Gasteiger charge is -2.28. The van der Waals surface area contributed by atoms with Crippen molar-refractivity contribution in [1.29, 1.82) is 0 Å². The van der Waals surface area contributed by atoms with Crippen molar-refractivity contribution in [2.24, 2.45) is 5.41 Å². The van der Waals surface area contributed by atoms with Crippen molar-refractivity contribution >= 4 is 17.0 Å². The summed E-state index contributed by atoms with van der Waals surface area (Å²) >= 11 is 0. The third-order valence-corrected chi connectivity index (χ3v) is 7.75.